The molecule has 0 saturated heterocycles. The van der Waals surface area contributed by atoms with Gasteiger partial charge in [0.2, 0.25) is 11.7 Å². The Morgan fingerprint density at radius 2 is 1.73 bits per heavy atom. The molecule has 5 aromatic rings. The summed E-state index contributed by atoms with van der Waals surface area (Å²) >= 11 is 0. The van der Waals surface area contributed by atoms with Crippen molar-refractivity contribution in [3.63, 3.8) is 0 Å². The van der Waals surface area contributed by atoms with Gasteiger partial charge in [-0.15, -0.1) is 5.10 Å². The summed E-state index contributed by atoms with van der Waals surface area (Å²) in [6, 6.07) is 23.3. The van der Waals surface area contributed by atoms with Crippen LogP contribution in [-0.2, 0) is 24.2 Å². The Hall–Kier alpha value is -4.26. The average molecular weight is 435 g/mol. The third kappa shape index (κ3) is 3.29. The van der Waals surface area contributed by atoms with Crippen LogP contribution in [0.15, 0.2) is 77.6 Å². The van der Waals surface area contributed by atoms with E-state index in [9.17, 15) is 9.59 Å². The molecule has 1 aliphatic rings. The van der Waals surface area contributed by atoms with Crippen LogP contribution in [-0.4, -0.2) is 25.1 Å². The number of fused-ring (bicyclic) bond motifs is 3. The zero-order valence-electron chi connectivity index (χ0n) is 17.9. The largest absolute Gasteiger partial charge is 0.324 e. The molecule has 7 heteroatoms. The van der Waals surface area contributed by atoms with Crippen LogP contribution in [0.4, 0.5) is 5.69 Å². The number of hydrogen-bond donors (Lipinski definition) is 1. The van der Waals surface area contributed by atoms with E-state index in [1.165, 1.54) is 4.52 Å². The van der Waals surface area contributed by atoms with E-state index in [0.717, 1.165) is 46.1 Å². The highest BCUT2D eigenvalue weighted by Crippen LogP contribution is 2.25. The van der Waals surface area contributed by atoms with Gasteiger partial charge in [0.05, 0.1) is 0 Å². The molecule has 1 amide bonds. The molecule has 0 saturated carbocycles. The highest BCUT2D eigenvalue weighted by molar-refractivity contribution is 6.02. The maximum Gasteiger partial charge on any atom is 0.279 e. The third-order valence-electron chi connectivity index (χ3n) is 6.19. The molecule has 33 heavy (non-hydrogen) atoms. The predicted octanol–water partition coefficient (Wildman–Crippen LogP) is 3.84. The van der Waals surface area contributed by atoms with Crippen LogP contribution in [0.1, 0.15) is 17.7 Å². The fourth-order valence-corrected chi connectivity index (χ4v) is 4.66. The van der Waals surface area contributed by atoms with Crippen molar-refractivity contribution in [2.45, 2.75) is 25.8 Å². The van der Waals surface area contributed by atoms with Crippen molar-refractivity contribution in [3.8, 4) is 11.4 Å². The van der Waals surface area contributed by atoms with Gasteiger partial charge in [-0.05, 0) is 30.7 Å². The molecule has 1 N–H and O–H groups in total. The molecule has 1 aliphatic carbocycles. The number of carbonyl (C=O) groups excluding carboxylic acids is 1. The minimum atomic E-state index is -0.171. The molecule has 3 aromatic carbocycles. The Labute approximate surface area is 189 Å². The van der Waals surface area contributed by atoms with Crippen molar-refractivity contribution >= 4 is 28.1 Å². The molecule has 7 nitrogen and oxygen atoms in total. The summed E-state index contributed by atoms with van der Waals surface area (Å²) < 4.78 is 3.20. The van der Waals surface area contributed by atoms with Gasteiger partial charge in [-0.1, -0.05) is 66.7 Å². The molecule has 6 rings (SSSR count). The number of aromatic nitrogens is 4. The van der Waals surface area contributed by atoms with Crippen molar-refractivity contribution in [2.75, 3.05) is 5.32 Å². The van der Waals surface area contributed by atoms with E-state index < -0.39 is 0 Å². The van der Waals surface area contributed by atoms with E-state index in [-0.39, 0.29) is 18.0 Å². The summed E-state index contributed by atoms with van der Waals surface area (Å²) in [5.74, 6) is 0.697. The van der Waals surface area contributed by atoms with Gasteiger partial charge in [0, 0.05) is 27.9 Å². The maximum absolute atomic E-state index is 13.2. The SMILES string of the molecule is O=C(Cn1c2c(c(=O)n3nc(-c4ccccc4)nc13)CCC2)Nc1cccc2ccccc12. The van der Waals surface area contributed by atoms with E-state index in [1.807, 2.05) is 77.4 Å². The van der Waals surface area contributed by atoms with Gasteiger partial charge in [0.25, 0.3) is 5.56 Å². The first-order valence-electron chi connectivity index (χ1n) is 11.0. The highest BCUT2D eigenvalue weighted by atomic mass is 16.2. The Balaban J connectivity index is 1.42. The average Bonchev–Trinajstić information content (AvgIpc) is 3.51. The maximum atomic E-state index is 13.2. The third-order valence-corrected chi connectivity index (χ3v) is 6.19. The topological polar surface area (TPSA) is 81.3 Å². The molecule has 0 unspecified atom stereocenters. The Morgan fingerprint density at radius 3 is 2.61 bits per heavy atom. The fraction of sp³-hybridized carbons (Fsp3) is 0.154. The lowest BCUT2D eigenvalue weighted by Gasteiger charge is -2.14. The molecule has 0 spiro atoms. The molecule has 162 valence electrons. The Bertz CT molecular complexity index is 1580. The van der Waals surface area contributed by atoms with Crippen LogP contribution >= 0.6 is 0 Å². The number of nitrogens with zero attached hydrogens (tertiary/aromatic N) is 4. The van der Waals surface area contributed by atoms with Crippen molar-refractivity contribution < 1.29 is 4.79 Å². The molecular formula is C26H21N5O2. The molecule has 2 aromatic heterocycles. The summed E-state index contributed by atoms with van der Waals surface area (Å²) in [6.07, 6.45) is 2.32. The van der Waals surface area contributed by atoms with E-state index >= 15 is 0 Å². The van der Waals surface area contributed by atoms with Crippen molar-refractivity contribution in [3.05, 3.63) is 94.4 Å². The highest BCUT2D eigenvalue weighted by Gasteiger charge is 2.25. The van der Waals surface area contributed by atoms with Crippen LogP contribution in [0.5, 0.6) is 0 Å². The number of nitrogens with one attached hydrogen (secondary N) is 1. The molecular weight excluding hydrogens is 414 g/mol. The number of anilines is 1. The second kappa shape index (κ2) is 7.70. The van der Waals surface area contributed by atoms with Gasteiger partial charge >= 0.3 is 0 Å². The van der Waals surface area contributed by atoms with Crippen molar-refractivity contribution in [1.82, 2.24) is 19.2 Å². The summed E-state index contributed by atoms with van der Waals surface area (Å²) in [5.41, 5.74) is 3.06. The lowest BCUT2D eigenvalue weighted by molar-refractivity contribution is -0.116. The monoisotopic (exact) mass is 435 g/mol. The van der Waals surface area contributed by atoms with Crippen LogP contribution < -0.4 is 10.9 Å². The zero-order valence-corrected chi connectivity index (χ0v) is 17.9. The molecule has 2 heterocycles. The number of hydrogen-bond acceptors (Lipinski definition) is 4. The number of rotatable bonds is 4. The summed E-state index contributed by atoms with van der Waals surface area (Å²) in [5, 5.41) is 9.59. The first-order chi connectivity index (χ1) is 16.2. The Morgan fingerprint density at radius 1 is 0.939 bits per heavy atom. The summed E-state index contributed by atoms with van der Waals surface area (Å²) in [4.78, 5) is 30.9. The van der Waals surface area contributed by atoms with E-state index in [2.05, 4.69) is 15.4 Å². The van der Waals surface area contributed by atoms with Gasteiger partial charge < -0.3 is 9.88 Å². The van der Waals surface area contributed by atoms with Crippen molar-refractivity contribution in [1.29, 1.82) is 0 Å². The van der Waals surface area contributed by atoms with E-state index in [1.54, 1.807) is 0 Å². The second-order valence-electron chi connectivity index (χ2n) is 8.26. The number of benzene rings is 3. The Kier molecular flexibility index (Phi) is 4.54. The molecule has 0 atom stereocenters. The van der Waals surface area contributed by atoms with Crippen molar-refractivity contribution in [2.24, 2.45) is 0 Å². The minimum absolute atomic E-state index is 0.0578. The smallest absolute Gasteiger partial charge is 0.279 e. The van der Waals surface area contributed by atoms with Gasteiger partial charge in [0.15, 0.2) is 5.82 Å². The lowest BCUT2D eigenvalue weighted by atomic mass is 10.1. The quantitative estimate of drug-likeness (QED) is 0.465. The minimum Gasteiger partial charge on any atom is -0.324 e. The summed E-state index contributed by atoms with van der Waals surface area (Å²) in [6.45, 7) is 0.0578. The standard InChI is InChI=1S/C26H21N5O2/c32-23(27-21-14-6-11-17-8-4-5-12-19(17)21)16-30-22-15-7-13-20(22)25(33)31-26(30)28-24(29-31)18-9-2-1-3-10-18/h1-6,8-12,14H,7,13,15-16H2,(H,27,32). The normalized spacial score (nSPS) is 12.8. The van der Waals surface area contributed by atoms with E-state index in [4.69, 9.17) is 0 Å². The van der Waals surface area contributed by atoms with Gasteiger partial charge in [-0.2, -0.15) is 9.50 Å². The first-order valence-corrected chi connectivity index (χ1v) is 11.0. The van der Waals surface area contributed by atoms with Crippen LogP contribution in [0, 0.1) is 0 Å². The zero-order chi connectivity index (χ0) is 22.4. The van der Waals surface area contributed by atoms with E-state index in [0.29, 0.717) is 18.0 Å². The predicted molar refractivity (Wildman–Crippen MR) is 127 cm³/mol. The lowest BCUT2D eigenvalue weighted by Crippen LogP contribution is -2.28. The molecule has 0 radical (unpaired) electrons. The van der Waals surface area contributed by atoms with Gasteiger partial charge in [-0.25, -0.2) is 0 Å². The fourth-order valence-electron chi connectivity index (χ4n) is 4.66. The number of amides is 1. The molecule has 0 bridgehead atoms. The first kappa shape index (κ1) is 19.4. The van der Waals surface area contributed by atoms with Gasteiger partial charge in [-0.3, -0.25) is 9.59 Å². The van der Waals surface area contributed by atoms with Crippen LogP contribution in [0.3, 0.4) is 0 Å². The summed E-state index contributed by atoms with van der Waals surface area (Å²) in [7, 11) is 0. The second-order valence-corrected chi connectivity index (χ2v) is 8.26. The molecule has 0 aliphatic heterocycles. The van der Waals surface area contributed by atoms with Crippen LogP contribution in [0.2, 0.25) is 0 Å². The molecule has 0 fully saturated rings. The van der Waals surface area contributed by atoms with Crippen LogP contribution in [0.25, 0.3) is 27.9 Å². The van der Waals surface area contributed by atoms with Gasteiger partial charge in [0.1, 0.15) is 6.54 Å². The number of carbonyl (C=O) groups is 1.